The van der Waals surface area contributed by atoms with Crippen molar-refractivity contribution in [2.24, 2.45) is 13.0 Å². The number of carbonyl (C=O) groups is 1. The zero-order valence-electron chi connectivity index (χ0n) is 19.5. The topological polar surface area (TPSA) is 134 Å². The largest absolute Gasteiger partial charge is 0.494 e. The minimum Gasteiger partial charge on any atom is -0.494 e. The molecule has 2 aliphatic heterocycles. The standard InChI is InChI=1S/C22H28N10O2/c1-12-8-9-16(23-11-12)25-17-10-15(18-21(26-17)28-31(2)22(18)33)24-14-7-5-6-13(19(14)34-4)20-27-30-32(3)29-20/h5-9,11,15,17-18,21,24,26,28H,10H2,1-4H3,(H,23,25). The number of pyridine rings is 1. The van der Waals surface area contributed by atoms with E-state index in [4.69, 9.17) is 4.74 Å². The number of aromatic nitrogens is 5. The van der Waals surface area contributed by atoms with Gasteiger partial charge in [0.05, 0.1) is 43.7 Å². The third-order valence-electron chi connectivity index (χ3n) is 6.15. The van der Waals surface area contributed by atoms with E-state index < -0.39 is 0 Å². The number of ether oxygens (including phenoxy) is 1. The van der Waals surface area contributed by atoms with Gasteiger partial charge in [-0.15, -0.1) is 10.2 Å². The fourth-order valence-corrected chi connectivity index (χ4v) is 4.57. The number of anilines is 2. The Labute approximate surface area is 197 Å². The molecule has 4 heterocycles. The van der Waals surface area contributed by atoms with Gasteiger partial charge in [0.15, 0.2) is 5.75 Å². The van der Waals surface area contributed by atoms with Gasteiger partial charge in [0.25, 0.3) is 0 Å². The summed E-state index contributed by atoms with van der Waals surface area (Å²) < 4.78 is 5.74. The molecule has 4 atom stereocenters. The van der Waals surface area contributed by atoms with Gasteiger partial charge in [-0.25, -0.2) is 10.4 Å². The lowest BCUT2D eigenvalue weighted by molar-refractivity contribution is -0.131. The molecule has 5 rings (SSSR count). The van der Waals surface area contributed by atoms with E-state index in [0.717, 1.165) is 22.6 Å². The fourth-order valence-electron chi connectivity index (χ4n) is 4.57. The van der Waals surface area contributed by atoms with Crippen LogP contribution in [0, 0.1) is 12.8 Å². The molecule has 12 heteroatoms. The monoisotopic (exact) mass is 464 g/mol. The molecule has 12 nitrogen and oxygen atoms in total. The zero-order valence-corrected chi connectivity index (χ0v) is 19.5. The average molecular weight is 465 g/mol. The van der Waals surface area contributed by atoms with Crippen LogP contribution >= 0.6 is 0 Å². The van der Waals surface area contributed by atoms with Crippen molar-refractivity contribution in [3.63, 3.8) is 0 Å². The summed E-state index contributed by atoms with van der Waals surface area (Å²) in [5, 5.41) is 24.4. The van der Waals surface area contributed by atoms with Crippen LogP contribution in [0.4, 0.5) is 11.5 Å². The molecule has 1 amide bonds. The van der Waals surface area contributed by atoms with Crippen LogP contribution < -0.4 is 26.1 Å². The number of tetrazole rings is 1. The summed E-state index contributed by atoms with van der Waals surface area (Å²) in [7, 11) is 5.06. The molecular formula is C22H28N10O2. The van der Waals surface area contributed by atoms with E-state index in [9.17, 15) is 4.79 Å². The molecule has 178 valence electrons. The molecule has 0 bridgehead atoms. The Balaban J connectivity index is 1.43. The second kappa shape index (κ2) is 8.88. The van der Waals surface area contributed by atoms with Crippen LogP contribution in [0.25, 0.3) is 11.4 Å². The van der Waals surface area contributed by atoms with Crippen molar-refractivity contribution in [1.29, 1.82) is 0 Å². The molecular weight excluding hydrogens is 436 g/mol. The van der Waals surface area contributed by atoms with Crippen molar-refractivity contribution in [2.45, 2.75) is 31.7 Å². The van der Waals surface area contributed by atoms with Gasteiger partial charge in [-0.2, -0.15) is 4.80 Å². The van der Waals surface area contributed by atoms with E-state index in [1.807, 2.05) is 43.5 Å². The Hall–Kier alpha value is -3.77. The van der Waals surface area contributed by atoms with Gasteiger partial charge >= 0.3 is 0 Å². The summed E-state index contributed by atoms with van der Waals surface area (Å²) >= 11 is 0. The first kappa shape index (κ1) is 22.0. The van der Waals surface area contributed by atoms with Crippen molar-refractivity contribution in [3.8, 4) is 17.1 Å². The van der Waals surface area contributed by atoms with Gasteiger partial charge < -0.3 is 15.4 Å². The molecule has 2 fully saturated rings. The summed E-state index contributed by atoms with van der Waals surface area (Å²) in [6.45, 7) is 2.00. The molecule has 34 heavy (non-hydrogen) atoms. The Morgan fingerprint density at radius 2 is 2.03 bits per heavy atom. The van der Waals surface area contributed by atoms with E-state index in [1.54, 1.807) is 26.2 Å². The highest BCUT2D eigenvalue weighted by Crippen LogP contribution is 2.37. The summed E-state index contributed by atoms with van der Waals surface area (Å²) in [6, 6.07) is 9.50. The molecule has 4 unspecified atom stereocenters. The van der Waals surface area contributed by atoms with Gasteiger partial charge in [-0.3, -0.25) is 15.1 Å². The third kappa shape index (κ3) is 4.13. The van der Waals surface area contributed by atoms with Crippen molar-refractivity contribution in [3.05, 3.63) is 42.1 Å². The molecule has 0 aliphatic carbocycles. The number of carbonyl (C=O) groups excluding carboxylic acids is 1. The number of rotatable bonds is 6. The summed E-state index contributed by atoms with van der Waals surface area (Å²) in [4.78, 5) is 18.8. The molecule has 2 aliphatic rings. The maximum atomic E-state index is 13.0. The first-order valence-electron chi connectivity index (χ1n) is 11.1. The van der Waals surface area contributed by atoms with Crippen molar-refractivity contribution >= 4 is 17.4 Å². The Bertz CT molecular complexity index is 1180. The van der Waals surface area contributed by atoms with Gasteiger partial charge in [-0.05, 0) is 35.9 Å². The molecule has 1 aromatic carbocycles. The van der Waals surface area contributed by atoms with Gasteiger partial charge in [0.1, 0.15) is 5.82 Å². The van der Waals surface area contributed by atoms with Crippen LogP contribution in [0.5, 0.6) is 5.75 Å². The summed E-state index contributed by atoms with van der Waals surface area (Å²) in [6.07, 6.45) is 2.11. The van der Waals surface area contributed by atoms with E-state index in [1.165, 1.54) is 4.80 Å². The lowest BCUT2D eigenvalue weighted by Gasteiger charge is -2.39. The van der Waals surface area contributed by atoms with Crippen LogP contribution in [0.1, 0.15) is 12.0 Å². The zero-order chi connectivity index (χ0) is 23.8. The maximum Gasteiger partial charge on any atom is 0.244 e. The van der Waals surface area contributed by atoms with Crippen molar-refractivity contribution < 1.29 is 9.53 Å². The Morgan fingerprint density at radius 1 is 1.18 bits per heavy atom. The van der Waals surface area contributed by atoms with Gasteiger partial charge in [-0.1, -0.05) is 12.1 Å². The Kier molecular flexibility index (Phi) is 5.75. The van der Waals surface area contributed by atoms with Crippen molar-refractivity contribution in [1.82, 2.24) is 40.9 Å². The predicted molar refractivity (Wildman–Crippen MR) is 126 cm³/mol. The number of hydrazine groups is 1. The lowest BCUT2D eigenvalue weighted by atomic mass is 9.88. The average Bonchev–Trinajstić information content (AvgIpc) is 3.38. The minimum atomic E-state index is -0.308. The maximum absolute atomic E-state index is 13.0. The van der Waals surface area contributed by atoms with Crippen LogP contribution in [-0.2, 0) is 11.8 Å². The number of nitrogens with zero attached hydrogens (tertiary/aromatic N) is 6. The van der Waals surface area contributed by atoms with Gasteiger partial charge in [0, 0.05) is 25.7 Å². The van der Waals surface area contributed by atoms with E-state index in [0.29, 0.717) is 18.0 Å². The predicted octanol–water partition coefficient (Wildman–Crippen LogP) is 0.720. The SMILES string of the molecule is COc1c(NC2CC(Nc3ccc(C)cn3)NC3NN(C)C(=O)C23)cccc1-c1nnn(C)n1. The molecule has 0 saturated carbocycles. The first-order valence-corrected chi connectivity index (χ1v) is 11.1. The highest BCUT2D eigenvalue weighted by molar-refractivity contribution is 5.83. The molecule has 3 aromatic rings. The number of methoxy groups -OCH3 is 1. The number of benzene rings is 1. The second-order valence-electron chi connectivity index (χ2n) is 8.59. The second-order valence-corrected chi connectivity index (χ2v) is 8.59. The highest BCUT2D eigenvalue weighted by Gasteiger charge is 2.48. The summed E-state index contributed by atoms with van der Waals surface area (Å²) in [5.74, 6) is 1.55. The first-order chi connectivity index (χ1) is 16.4. The Morgan fingerprint density at radius 3 is 2.74 bits per heavy atom. The summed E-state index contributed by atoms with van der Waals surface area (Å²) in [5.41, 5.74) is 5.80. The van der Waals surface area contributed by atoms with Crippen molar-refractivity contribution in [2.75, 3.05) is 24.8 Å². The minimum absolute atomic E-state index is 0.0209. The number of hydrogen-bond acceptors (Lipinski definition) is 10. The third-order valence-corrected chi connectivity index (χ3v) is 6.15. The molecule has 4 N–H and O–H groups in total. The lowest BCUT2D eigenvalue weighted by Crippen LogP contribution is -2.60. The molecule has 2 saturated heterocycles. The van der Waals surface area contributed by atoms with E-state index in [2.05, 4.69) is 41.8 Å². The van der Waals surface area contributed by atoms with E-state index >= 15 is 0 Å². The normalized spacial score (nSPS) is 24.1. The quantitative estimate of drug-likeness (QED) is 0.413. The number of hydrogen-bond donors (Lipinski definition) is 4. The van der Waals surface area contributed by atoms with Crippen LogP contribution in [0.15, 0.2) is 36.5 Å². The fraction of sp³-hybridized carbons (Fsp3) is 0.409. The molecule has 2 aromatic heterocycles. The van der Waals surface area contributed by atoms with Crippen LogP contribution in [0.2, 0.25) is 0 Å². The number of amides is 1. The number of piperidine rings is 1. The number of aryl methyl sites for hydroxylation is 2. The molecule has 0 radical (unpaired) electrons. The van der Waals surface area contributed by atoms with Crippen LogP contribution in [-0.4, -0.2) is 68.6 Å². The highest BCUT2D eigenvalue weighted by atomic mass is 16.5. The van der Waals surface area contributed by atoms with Gasteiger partial charge in [0.2, 0.25) is 11.7 Å². The van der Waals surface area contributed by atoms with Crippen LogP contribution in [0.3, 0.4) is 0 Å². The van der Waals surface area contributed by atoms with E-state index in [-0.39, 0.29) is 30.2 Å². The number of para-hydroxylation sites is 1. The number of fused-ring (bicyclic) bond motifs is 1. The number of nitrogens with one attached hydrogen (secondary N) is 4. The molecule has 0 spiro atoms. The smallest absolute Gasteiger partial charge is 0.244 e.